The SMILES string of the molecule is CCC1CCC(C)N1C(=O)CCC1CCNC1. The van der Waals surface area contributed by atoms with E-state index in [2.05, 4.69) is 24.1 Å². The molecule has 2 aliphatic rings. The van der Waals surface area contributed by atoms with E-state index in [1.54, 1.807) is 0 Å². The zero-order valence-corrected chi connectivity index (χ0v) is 11.2. The van der Waals surface area contributed by atoms with Crippen molar-refractivity contribution in [3.8, 4) is 0 Å². The molecule has 17 heavy (non-hydrogen) atoms. The average Bonchev–Trinajstić information content (AvgIpc) is 2.94. The molecule has 0 saturated carbocycles. The number of hydrogen-bond donors (Lipinski definition) is 1. The van der Waals surface area contributed by atoms with Crippen molar-refractivity contribution in [1.29, 1.82) is 0 Å². The van der Waals surface area contributed by atoms with Gasteiger partial charge in [0.25, 0.3) is 0 Å². The highest BCUT2D eigenvalue weighted by Crippen LogP contribution is 2.27. The summed E-state index contributed by atoms with van der Waals surface area (Å²) in [6.45, 7) is 6.64. The van der Waals surface area contributed by atoms with E-state index in [1.165, 1.54) is 19.3 Å². The maximum absolute atomic E-state index is 12.3. The molecule has 0 aromatic rings. The molecule has 1 amide bonds. The van der Waals surface area contributed by atoms with Crippen LogP contribution in [0.4, 0.5) is 0 Å². The number of carbonyl (C=O) groups is 1. The van der Waals surface area contributed by atoms with Crippen LogP contribution in [0.5, 0.6) is 0 Å². The largest absolute Gasteiger partial charge is 0.337 e. The topological polar surface area (TPSA) is 32.3 Å². The van der Waals surface area contributed by atoms with Gasteiger partial charge in [0.1, 0.15) is 0 Å². The zero-order chi connectivity index (χ0) is 12.3. The van der Waals surface area contributed by atoms with Crippen molar-refractivity contribution in [3.63, 3.8) is 0 Å². The summed E-state index contributed by atoms with van der Waals surface area (Å²) < 4.78 is 0. The quantitative estimate of drug-likeness (QED) is 0.814. The third-order valence-corrected chi connectivity index (χ3v) is 4.47. The molecule has 3 heteroatoms. The van der Waals surface area contributed by atoms with E-state index in [0.29, 0.717) is 18.0 Å². The minimum Gasteiger partial charge on any atom is -0.337 e. The van der Waals surface area contributed by atoms with Crippen LogP contribution in [-0.4, -0.2) is 36.0 Å². The Morgan fingerprint density at radius 1 is 1.35 bits per heavy atom. The van der Waals surface area contributed by atoms with Gasteiger partial charge < -0.3 is 10.2 Å². The lowest BCUT2D eigenvalue weighted by molar-refractivity contribution is -0.134. The van der Waals surface area contributed by atoms with Gasteiger partial charge in [0.05, 0.1) is 0 Å². The first-order chi connectivity index (χ1) is 8.22. The second kappa shape index (κ2) is 5.85. The molecular weight excluding hydrogens is 212 g/mol. The lowest BCUT2D eigenvalue weighted by Crippen LogP contribution is -2.39. The van der Waals surface area contributed by atoms with Gasteiger partial charge in [-0.2, -0.15) is 0 Å². The van der Waals surface area contributed by atoms with Crippen molar-refractivity contribution < 1.29 is 4.79 Å². The van der Waals surface area contributed by atoms with Gasteiger partial charge in [-0.25, -0.2) is 0 Å². The van der Waals surface area contributed by atoms with Gasteiger partial charge >= 0.3 is 0 Å². The predicted octanol–water partition coefficient (Wildman–Crippen LogP) is 2.17. The maximum atomic E-state index is 12.3. The number of nitrogens with zero attached hydrogens (tertiary/aromatic N) is 1. The molecule has 3 unspecified atom stereocenters. The van der Waals surface area contributed by atoms with Gasteiger partial charge in [-0.1, -0.05) is 6.92 Å². The minimum absolute atomic E-state index is 0.397. The normalized spacial score (nSPS) is 33.3. The Morgan fingerprint density at radius 2 is 2.18 bits per heavy atom. The van der Waals surface area contributed by atoms with Crippen LogP contribution in [0, 0.1) is 5.92 Å². The van der Waals surface area contributed by atoms with Crippen LogP contribution in [0.2, 0.25) is 0 Å². The molecule has 2 rings (SSSR count). The number of likely N-dealkylation sites (tertiary alicyclic amines) is 1. The lowest BCUT2D eigenvalue weighted by Gasteiger charge is -2.28. The van der Waals surface area contributed by atoms with Crippen molar-refractivity contribution in [1.82, 2.24) is 10.2 Å². The zero-order valence-electron chi connectivity index (χ0n) is 11.2. The Morgan fingerprint density at radius 3 is 2.82 bits per heavy atom. The Bertz CT molecular complexity index is 261. The van der Waals surface area contributed by atoms with Crippen molar-refractivity contribution in [2.24, 2.45) is 5.92 Å². The summed E-state index contributed by atoms with van der Waals surface area (Å²) in [4.78, 5) is 14.5. The molecule has 0 radical (unpaired) electrons. The summed E-state index contributed by atoms with van der Waals surface area (Å²) in [6.07, 6.45) is 6.59. The summed E-state index contributed by atoms with van der Waals surface area (Å²) in [5.41, 5.74) is 0. The number of nitrogens with one attached hydrogen (secondary N) is 1. The molecule has 3 nitrogen and oxygen atoms in total. The molecule has 3 atom stereocenters. The smallest absolute Gasteiger partial charge is 0.223 e. The van der Waals surface area contributed by atoms with E-state index >= 15 is 0 Å². The van der Waals surface area contributed by atoms with Crippen LogP contribution in [0.15, 0.2) is 0 Å². The number of amides is 1. The first-order valence-electron chi connectivity index (χ1n) is 7.24. The fourth-order valence-corrected chi connectivity index (χ4v) is 3.34. The molecule has 2 heterocycles. The monoisotopic (exact) mass is 238 g/mol. The summed E-state index contributed by atoms with van der Waals surface area (Å²) in [5.74, 6) is 1.13. The summed E-state index contributed by atoms with van der Waals surface area (Å²) in [6, 6.07) is 0.980. The van der Waals surface area contributed by atoms with Crippen LogP contribution >= 0.6 is 0 Å². The minimum atomic E-state index is 0.397. The molecule has 2 fully saturated rings. The third kappa shape index (κ3) is 3.01. The van der Waals surface area contributed by atoms with E-state index in [4.69, 9.17) is 0 Å². The van der Waals surface area contributed by atoms with Gasteiger partial charge in [0.15, 0.2) is 0 Å². The fourth-order valence-electron chi connectivity index (χ4n) is 3.34. The van der Waals surface area contributed by atoms with Crippen molar-refractivity contribution in [2.75, 3.05) is 13.1 Å². The first kappa shape index (κ1) is 12.9. The van der Waals surface area contributed by atoms with E-state index in [9.17, 15) is 4.79 Å². The molecule has 1 N–H and O–H groups in total. The van der Waals surface area contributed by atoms with E-state index in [0.717, 1.165) is 38.3 Å². The van der Waals surface area contributed by atoms with E-state index in [1.807, 2.05) is 0 Å². The summed E-state index contributed by atoms with van der Waals surface area (Å²) >= 11 is 0. The van der Waals surface area contributed by atoms with Gasteiger partial charge in [-0.3, -0.25) is 4.79 Å². The number of rotatable bonds is 4. The molecule has 2 saturated heterocycles. The van der Waals surface area contributed by atoms with Gasteiger partial charge in [0, 0.05) is 18.5 Å². The molecule has 2 aliphatic heterocycles. The van der Waals surface area contributed by atoms with Gasteiger partial charge in [-0.05, 0) is 58.0 Å². The Kier molecular flexibility index (Phi) is 4.43. The molecule has 0 aromatic carbocycles. The molecule has 0 bridgehead atoms. The Hall–Kier alpha value is -0.570. The molecule has 98 valence electrons. The second-order valence-electron chi connectivity index (χ2n) is 5.69. The Balaban J connectivity index is 1.81. The van der Waals surface area contributed by atoms with Gasteiger partial charge in [-0.15, -0.1) is 0 Å². The standard InChI is InChI=1S/C14H26N2O/c1-3-13-6-4-11(2)16(13)14(17)7-5-12-8-9-15-10-12/h11-13,15H,3-10H2,1-2H3. The molecule has 0 spiro atoms. The lowest BCUT2D eigenvalue weighted by atomic mass is 10.0. The maximum Gasteiger partial charge on any atom is 0.223 e. The van der Waals surface area contributed by atoms with Crippen molar-refractivity contribution >= 4 is 5.91 Å². The fraction of sp³-hybridized carbons (Fsp3) is 0.929. The third-order valence-electron chi connectivity index (χ3n) is 4.47. The number of carbonyl (C=O) groups excluding carboxylic acids is 1. The van der Waals surface area contributed by atoms with Crippen LogP contribution < -0.4 is 5.32 Å². The van der Waals surface area contributed by atoms with Crippen molar-refractivity contribution in [2.45, 2.75) is 64.5 Å². The van der Waals surface area contributed by atoms with Crippen LogP contribution in [0.3, 0.4) is 0 Å². The molecule has 0 aromatic heterocycles. The van der Waals surface area contributed by atoms with Crippen molar-refractivity contribution in [3.05, 3.63) is 0 Å². The highest BCUT2D eigenvalue weighted by Gasteiger charge is 2.32. The molecule has 0 aliphatic carbocycles. The number of hydrogen-bond acceptors (Lipinski definition) is 2. The first-order valence-corrected chi connectivity index (χ1v) is 7.24. The van der Waals surface area contributed by atoms with Crippen LogP contribution in [-0.2, 0) is 4.79 Å². The molecular formula is C14H26N2O. The predicted molar refractivity (Wildman–Crippen MR) is 69.8 cm³/mol. The highest BCUT2D eigenvalue weighted by atomic mass is 16.2. The van der Waals surface area contributed by atoms with E-state index < -0.39 is 0 Å². The van der Waals surface area contributed by atoms with Crippen LogP contribution in [0.25, 0.3) is 0 Å². The van der Waals surface area contributed by atoms with Gasteiger partial charge in [0.2, 0.25) is 5.91 Å². The summed E-state index contributed by atoms with van der Waals surface area (Å²) in [7, 11) is 0. The Labute approximate surface area is 105 Å². The van der Waals surface area contributed by atoms with E-state index in [-0.39, 0.29) is 0 Å². The highest BCUT2D eigenvalue weighted by molar-refractivity contribution is 5.77. The summed E-state index contributed by atoms with van der Waals surface area (Å²) in [5, 5.41) is 3.37. The van der Waals surface area contributed by atoms with Crippen LogP contribution in [0.1, 0.15) is 52.4 Å². The second-order valence-corrected chi connectivity index (χ2v) is 5.69. The average molecular weight is 238 g/mol.